The largest absolute Gasteiger partial charge is 0.375 e. The molecule has 1 fully saturated rings. The molecule has 1 amide bonds. The fourth-order valence-corrected chi connectivity index (χ4v) is 4.61. The monoisotopic (exact) mass is 290 g/mol. The van der Waals surface area contributed by atoms with Crippen molar-refractivity contribution in [2.75, 3.05) is 25.4 Å². The normalized spacial score (nSPS) is 18.4. The second-order valence-corrected chi connectivity index (χ2v) is 7.13. The van der Waals surface area contributed by atoms with Gasteiger partial charge in [-0.15, -0.1) is 0 Å². The first-order valence-corrected chi connectivity index (χ1v) is 7.66. The molecule has 18 heavy (non-hydrogen) atoms. The van der Waals surface area contributed by atoms with Crippen molar-refractivity contribution in [1.82, 2.24) is 14.6 Å². The number of anilines is 1. The SMILES string of the molecule is Cc1nc(N)sc1S(=O)(=O)N1CCCNC(=O)C1. The quantitative estimate of drug-likeness (QED) is 0.767. The zero-order chi connectivity index (χ0) is 13.3. The van der Waals surface area contributed by atoms with Crippen molar-refractivity contribution in [3.63, 3.8) is 0 Å². The van der Waals surface area contributed by atoms with Crippen LogP contribution in [-0.4, -0.2) is 43.2 Å². The highest BCUT2D eigenvalue weighted by atomic mass is 32.2. The number of nitrogens with one attached hydrogen (secondary N) is 1. The number of hydrogen-bond donors (Lipinski definition) is 2. The molecule has 7 nitrogen and oxygen atoms in total. The number of nitrogen functional groups attached to an aromatic ring is 1. The summed E-state index contributed by atoms with van der Waals surface area (Å²) < 4.78 is 26.1. The van der Waals surface area contributed by atoms with E-state index in [9.17, 15) is 13.2 Å². The molecule has 0 radical (unpaired) electrons. The molecule has 1 aromatic heterocycles. The summed E-state index contributed by atoms with van der Waals surface area (Å²) in [5.74, 6) is -0.286. The molecular weight excluding hydrogens is 276 g/mol. The molecule has 0 unspecified atom stereocenters. The topological polar surface area (TPSA) is 105 Å². The molecule has 1 aliphatic heterocycles. The molecule has 0 atom stereocenters. The molecule has 1 aromatic rings. The second-order valence-electron chi connectivity index (χ2n) is 3.97. The fraction of sp³-hybridized carbons (Fsp3) is 0.556. The summed E-state index contributed by atoms with van der Waals surface area (Å²) in [6.45, 7) is 2.25. The first kappa shape index (κ1) is 13.2. The number of hydrogen-bond acceptors (Lipinski definition) is 6. The Hall–Kier alpha value is -1.19. The van der Waals surface area contributed by atoms with E-state index in [4.69, 9.17) is 5.73 Å². The minimum absolute atomic E-state index is 0.120. The van der Waals surface area contributed by atoms with E-state index in [-0.39, 0.29) is 21.8 Å². The lowest BCUT2D eigenvalue weighted by Crippen LogP contribution is -2.37. The van der Waals surface area contributed by atoms with Gasteiger partial charge in [0.1, 0.15) is 0 Å². The van der Waals surface area contributed by atoms with Crippen LogP contribution in [0.1, 0.15) is 12.1 Å². The Labute approximate surface area is 109 Å². The van der Waals surface area contributed by atoms with E-state index in [2.05, 4.69) is 10.3 Å². The van der Waals surface area contributed by atoms with E-state index < -0.39 is 10.0 Å². The van der Waals surface area contributed by atoms with Gasteiger partial charge in [-0.05, 0) is 13.3 Å². The highest BCUT2D eigenvalue weighted by molar-refractivity contribution is 7.91. The van der Waals surface area contributed by atoms with Gasteiger partial charge in [0.25, 0.3) is 10.0 Å². The number of thiazole rings is 1. The van der Waals surface area contributed by atoms with E-state index in [1.807, 2.05) is 0 Å². The summed E-state index contributed by atoms with van der Waals surface area (Å²) in [5.41, 5.74) is 5.89. The molecular formula is C9H14N4O3S2. The van der Waals surface area contributed by atoms with Gasteiger partial charge in [-0.3, -0.25) is 4.79 Å². The molecule has 0 aliphatic carbocycles. The summed E-state index contributed by atoms with van der Waals surface area (Å²) in [7, 11) is -3.68. The zero-order valence-corrected chi connectivity index (χ0v) is 11.5. The van der Waals surface area contributed by atoms with Crippen molar-refractivity contribution in [3.8, 4) is 0 Å². The van der Waals surface area contributed by atoms with Crippen LogP contribution >= 0.6 is 11.3 Å². The maximum absolute atomic E-state index is 12.4. The van der Waals surface area contributed by atoms with Crippen LogP contribution < -0.4 is 11.1 Å². The van der Waals surface area contributed by atoms with Crippen LogP contribution in [0.5, 0.6) is 0 Å². The Bertz CT molecular complexity index is 566. The molecule has 2 rings (SSSR count). The van der Waals surface area contributed by atoms with Crippen molar-refractivity contribution >= 4 is 32.4 Å². The molecule has 0 aromatic carbocycles. The Morgan fingerprint density at radius 1 is 1.50 bits per heavy atom. The van der Waals surface area contributed by atoms with Gasteiger partial charge in [-0.25, -0.2) is 13.4 Å². The summed E-state index contributed by atoms with van der Waals surface area (Å²) in [4.78, 5) is 15.3. The van der Waals surface area contributed by atoms with E-state index in [0.717, 1.165) is 11.3 Å². The molecule has 100 valence electrons. The minimum Gasteiger partial charge on any atom is -0.375 e. The Morgan fingerprint density at radius 2 is 2.22 bits per heavy atom. The van der Waals surface area contributed by atoms with Crippen molar-refractivity contribution in [2.45, 2.75) is 17.6 Å². The van der Waals surface area contributed by atoms with Gasteiger partial charge >= 0.3 is 0 Å². The molecule has 1 aliphatic rings. The first-order valence-electron chi connectivity index (χ1n) is 5.41. The van der Waals surface area contributed by atoms with Crippen molar-refractivity contribution in [3.05, 3.63) is 5.69 Å². The van der Waals surface area contributed by atoms with Gasteiger partial charge in [-0.2, -0.15) is 4.31 Å². The predicted molar refractivity (Wildman–Crippen MR) is 67.6 cm³/mol. The van der Waals surface area contributed by atoms with Crippen LogP contribution in [0.2, 0.25) is 0 Å². The number of aryl methyl sites for hydroxylation is 1. The maximum atomic E-state index is 12.4. The van der Waals surface area contributed by atoms with Gasteiger partial charge < -0.3 is 11.1 Å². The number of nitrogens with zero attached hydrogens (tertiary/aromatic N) is 2. The lowest BCUT2D eigenvalue weighted by Gasteiger charge is -2.17. The van der Waals surface area contributed by atoms with Crippen molar-refractivity contribution in [1.29, 1.82) is 0 Å². The lowest BCUT2D eigenvalue weighted by molar-refractivity contribution is -0.120. The summed E-state index contributed by atoms with van der Waals surface area (Å²) in [6.07, 6.45) is 0.596. The predicted octanol–water partition coefficient (Wildman–Crippen LogP) is -0.456. The zero-order valence-electron chi connectivity index (χ0n) is 9.84. The minimum atomic E-state index is -3.68. The average Bonchev–Trinajstić information content (AvgIpc) is 2.50. The first-order chi connectivity index (χ1) is 8.41. The van der Waals surface area contributed by atoms with Gasteiger partial charge in [0.05, 0.1) is 12.2 Å². The molecule has 0 spiro atoms. The van der Waals surface area contributed by atoms with Crippen LogP contribution in [0.25, 0.3) is 0 Å². The van der Waals surface area contributed by atoms with Gasteiger partial charge in [0.15, 0.2) is 9.34 Å². The van der Waals surface area contributed by atoms with Crippen LogP contribution in [0.15, 0.2) is 4.21 Å². The smallest absolute Gasteiger partial charge is 0.254 e. The van der Waals surface area contributed by atoms with E-state index in [1.54, 1.807) is 6.92 Å². The number of aromatic nitrogens is 1. The summed E-state index contributed by atoms with van der Waals surface area (Å²) >= 11 is 0.928. The third-order valence-electron chi connectivity index (χ3n) is 2.57. The Kier molecular flexibility index (Phi) is 3.55. The van der Waals surface area contributed by atoms with E-state index in [0.29, 0.717) is 25.2 Å². The number of rotatable bonds is 2. The number of carbonyl (C=O) groups is 1. The van der Waals surface area contributed by atoms with Gasteiger partial charge in [-0.1, -0.05) is 11.3 Å². The van der Waals surface area contributed by atoms with Crippen LogP contribution in [0, 0.1) is 6.92 Å². The van der Waals surface area contributed by atoms with E-state index in [1.165, 1.54) is 4.31 Å². The summed E-state index contributed by atoms with van der Waals surface area (Å²) in [6, 6.07) is 0. The molecule has 1 saturated heterocycles. The lowest BCUT2D eigenvalue weighted by atomic mass is 10.4. The average molecular weight is 290 g/mol. The number of nitrogens with two attached hydrogens (primary N) is 1. The molecule has 0 saturated carbocycles. The summed E-state index contributed by atoms with van der Waals surface area (Å²) in [5, 5.41) is 2.85. The second kappa shape index (κ2) is 4.82. The van der Waals surface area contributed by atoms with Crippen LogP contribution in [0.3, 0.4) is 0 Å². The van der Waals surface area contributed by atoms with Crippen LogP contribution in [0.4, 0.5) is 5.13 Å². The van der Waals surface area contributed by atoms with Crippen LogP contribution in [-0.2, 0) is 14.8 Å². The van der Waals surface area contributed by atoms with Crippen molar-refractivity contribution < 1.29 is 13.2 Å². The van der Waals surface area contributed by atoms with Crippen molar-refractivity contribution in [2.24, 2.45) is 0 Å². The Morgan fingerprint density at radius 3 is 2.83 bits per heavy atom. The highest BCUT2D eigenvalue weighted by Crippen LogP contribution is 2.28. The fourth-order valence-electron chi connectivity index (χ4n) is 1.74. The molecule has 2 heterocycles. The Balaban J connectivity index is 2.35. The van der Waals surface area contributed by atoms with E-state index >= 15 is 0 Å². The molecule has 3 N–H and O–H groups in total. The molecule has 9 heteroatoms. The maximum Gasteiger partial charge on any atom is 0.254 e. The number of amides is 1. The molecule has 0 bridgehead atoms. The standard InChI is InChI=1S/C9H14N4O3S2/c1-6-8(17-9(10)12-6)18(15,16)13-4-2-3-11-7(14)5-13/h2-5H2,1H3,(H2,10,12)(H,11,14). The highest BCUT2D eigenvalue weighted by Gasteiger charge is 2.31. The third kappa shape index (κ3) is 2.47. The van der Waals surface area contributed by atoms with Gasteiger partial charge in [0.2, 0.25) is 5.91 Å². The number of carbonyl (C=O) groups excluding carboxylic acids is 1. The number of sulfonamides is 1. The third-order valence-corrected chi connectivity index (χ3v) is 5.99. The van der Waals surface area contributed by atoms with Gasteiger partial charge in [0, 0.05) is 13.1 Å².